The van der Waals surface area contributed by atoms with Crippen LogP contribution in [0.3, 0.4) is 0 Å². The second kappa shape index (κ2) is 14.0. The molecule has 5 nitrogen and oxygen atoms in total. The third-order valence-corrected chi connectivity index (χ3v) is 13.7. The lowest BCUT2D eigenvalue weighted by atomic mass is 9.34. The third-order valence-electron chi connectivity index (χ3n) is 13.7. The first-order valence-corrected chi connectivity index (χ1v) is 22.6. The molecule has 0 atom stereocenters. The predicted octanol–water partition coefficient (Wildman–Crippen LogP) is 14.2. The molecule has 310 valence electrons. The van der Waals surface area contributed by atoms with E-state index in [9.17, 15) is 0 Å². The van der Waals surface area contributed by atoms with Crippen molar-refractivity contribution in [2.75, 3.05) is 14.7 Å². The van der Waals surface area contributed by atoms with Crippen LogP contribution in [0, 0.1) is 6.92 Å². The van der Waals surface area contributed by atoms with Crippen molar-refractivity contribution in [2.45, 2.75) is 33.1 Å². The van der Waals surface area contributed by atoms with E-state index in [0.29, 0.717) is 0 Å². The second-order valence-electron chi connectivity index (χ2n) is 18.7. The maximum absolute atomic E-state index is 6.92. The zero-order valence-electron chi connectivity index (χ0n) is 36.8. The largest absolute Gasteiger partial charge is 0.454 e. The van der Waals surface area contributed by atoms with Gasteiger partial charge in [0.1, 0.15) is 11.4 Å². The number of hydrogen-bond acceptors (Lipinski definition) is 4. The van der Waals surface area contributed by atoms with Crippen molar-refractivity contribution in [3.63, 3.8) is 0 Å². The van der Waals surface area contributed by atoms with Crippen molar-refractivity contribution >= 4 is 113 Å². The van der Waals surface area contributed by atoms with Crippen LogP contribution in [0.25, 0.3) is 38.2 Å². The van der Waals surface area contributed by atoms with Gasteiger partial charge in [0.05, 0.1) is 11.4 Å². The molecule has 0 radical (unpaired) electrons. The zero-order chi connectivity index (χ0) is 43.6. The van der Waals surface area contributed by atoms with Crippen LogP contribution >= 0.6 is 0 Å². The first-order valence-electron chi connectivity index (χ1n) is 22.6. The number of fused-ring (bicyclic) bond motifs is 10. The first kappa shape index (κ1) is 37.6. The van der Waals surface area contributed by atoms with E-state index in [2.05, 4.69) is 247 Å². The molecule has 0 unspecified atom stereocenters. The maximum Gasteiger partial charge on any atom is 0.254 e. The molecule has 5 heterocycles. The Morgan fingerprint density at radius 2 is 1.22 bits per heavy atom. The molecule has 65 heavy (non-hydrogen) atoms. The van der Waals surface area contributed by atoms with Crippen molar-refractivity contribution in [1.82, 2.24) is 4.40 Å². The Balaban J connectivity index is 1.13. The number of aromatic nitrogens is 1. The number of anilines is 9. The van der Waals surface area contributed by atoms with E-state index in [1.807, 2.05) is 0 Å². The molecular weight excluding hydrogens is 791 g/mol. The van der Waals surface area contributed by atoms with E-state index < -0.39 is 0 Å². The number of aryl methyl sites for hydroxylation is 1. The average Bonchev–Trinajstić information content (AvgIpc) is 3.91. The van der Waals surface area contributed by atoms with Crippen LogP contribution in [-0.4, -0.2) is 11.1 Å². The van der Waals surface area contributed by atoms with Crippen LogP contribution in [0.1, 0.15) is 31.9 Å². The Kier molecular flexibility index (Phi) is 8.11. The quantitative estimate of drug-likeness (QED) is 0.161. The van der Waals surface area contributed by atoms with Gasteiger partial charge < -0.3 is 18.6 Å². The Hall–Kier alpha value is -7.96. The lowest BCUT2D eigenvalue weighted by Crippen LogP contribution is -2.61. The van der Waals surface area contributed by atoms with E-state index >= 15 is 0 Å². The Morgan fingerprint density at radius 1 is 0.523 bits per heavy atom. The lowest BCUT2D eigenvalue weighted by Gasteiger charge is -2.43. The number of hydrogen-bond donors (Lipinski definition) is 0. The van der Waals surface area contributed by atoms with Gasteiger partial charge in [-0.15, -0.1) is 0 Å². The molecule has 0 N–H and O–H groups in total. The fourth-order valence-electron chi connectivity index (χ4n) is 10.8. The fourth-order valence-corrected chi connectivity index (χ4v) is 10.8. The minimum Gasteiger partial charge on any atom is -0.454 e. The van der Waals surface area contributed by atoms with Gasteiger partial charge in [-0.2, -0.15) is 0 Å². The molecule has 0 spiro atoms. The second-order valence-corrected chi connectivity index (χ2v) is 18.7. The summed E-state index contributed by atoms with van der Waals surface area (Å²) in [5, 5.41) is 4.61. The smallest absolute Gasteiger partial charge is 0.254 e. The highest BCUT2D eigenvalue weighted by Crippen LogP contribution is 2.49. The van der Waals surface area contributed by atoms with Crippen LogP contribution in [0.2, 0.25) is 0 Å². The predicted molar refractivity (Wildman–Crippen MR) is 274 cm³/mol. The molecule has 8 aromatic carbocycles. The lowest BCUT2D eigenvalue weighted by molar-refractivity contribution is 0.590. The number of benzene rings is 8. The van der Waals surface area contributed by atoms with Crippen molar-refractivity contribution in [1.29, 1.82) is 0 Å². The van der Waals surface area contributed by atoms with E-state index in [4.69, 9.17) is 4.42 Å². The van der Waals surface area contributed by atoms with Gasteiger partial charge in [0.2, 0.25) is 0 Å². The van der Waals surface area contributed by atoms with Crippen LogP contribution < -0.4 is 31.1 Å². The van der Waals surface area contributed by atoms with E-state index in [0.717, 1.165) is 67.3 Å². The number of rotatable bonds is 5. The summed E-state index contributed by atoms with van der Waals surface area (Å²) in [6.07, 6.45) is 2.21. The maximum atomic E-state index is 6.92. The van der Waals surface area contributed by atoms with Gasteiger partial charge in [0.15, 0.2) is 5.58 Å². The molecule has 0 saturated carbocycles. The normalized spacial score (nSPS) is 13.1. The summed E-state index contributed by atoms with van der Waals surface area (Å²) in [7, 11) is 0. The van der Waals surface area contributed by atoms with Crippen molar-refractivity contribution in [2.24, 2.45) is 0 Å². The highest BCUT2D eigenvalue weighted by Gasteiger charge is 2.45. The van der Waals surface area contributed by atoms with Gasteiger partial charge >= 0.3 is 0 Å². The van der Waals surface area contributed by atoms with Gasteiger partial charge in [0.25, 0.3) is 6.71 Å². The number of nitrogens with zero attached hydrogens (tertiary/aromatic N) is 4. The molecule has 0 amide bonds. The van der Waals surface area contributed by atoms with Crippen molar-refractivity contribution in [3.8, 4) is 0 Å². The molecule has 6 heteroatoms. The molecule has 0 fully saturated rings. The van der Waals surface area contributed by atoms with E-state index in [1.165, 1.54) is 49.8 Å². The van der Waals surface area contributed by atoms with Crippen molar-refractivity contribution < 1.29 is 4.42 Å². The minimum absolute atomic E-state index is 0.0238. The monoisotopic (exact) mass is 836 g/mol. The molecule has 0 aliphatic carbocycles. The SMILES string of the molecule is Cc1cc2c3c(c1)N(c1ccccc1)c1c(cc4ccccn14)B3c1ccc(N(c3ccc(C(C)(C)C)cc3)c3cccc4ccccc34)cc1N2c1cccc2c1oc1ccccc12. The zero-order valence-corrected chi connectivity index (χ0v) is 36.8. The molecule has 2 aliphatic heterocycles. The number of para-hydroxylation sites is 3. The molecule has 3 aromatic heterocycles. The molecule has 0 bridgehead atoms. The Labute approximate surface area is 379 Å². The van der Waals surface area contributed by atoms with Crippen LogP contribution in [0.15, 0.2) is 205 Å². The average molecular weight is 837 g/mol. The molecular formula is C59H45BN4O. The topological polar surface area (TPSA) is 27.3 Å². The number of furan rings is 1. The number of pyridine rings is 1. The summed E-state index contributed by atoms with van der Waals surface area (Å²) in [5.74, 6) is 1.17. The highest BCUT2D eigenvalue weighted by molar-refractivity contribution is 7.00. The van der Waals surface area contributed by atoms with Crippen LogP contribution in [0.5, 0.6) is 0 Å². The standard InChI is InChI=1S/C59H45BN4O/c1-38-34-53-56-54(35-38)64(51-25-15-23-47-46-22-10-11-26-55(46)65-57(47)51)52-37-44(62(42-29-27-40(28-30-42)59(2,3)4)50-24-14-17-39-16-8-9-21-45(39)50)31-32-48(52)60(56)49-36-43-20-12-13-33-61(43)58(49)63(53)41-18-6-5-7-19-41/h5-37H,1-4H3. The molecule has 13 rings (SSSR count). The van der Waals surface area contributed by atoms with E-state index in [-0.39, 0.29) is 12.1 Å². The molecule has 0 saturated heterocycles. The summed E-state index contributed by atoms with van der Waals surface area (Å²) in [6, 6.07) is 71.3. The van der Waals surface area contributed by atoms with E-state index in [1.54, 1.807) is 0 Å². The summed E-state index contributed by atoms with van der Waals surface area (Å²) in [5.41, 5.74) is 18.1. The summed E-state index contributed by atoms with van der Waals surface area (Å²) in [6.45, 7) is 9.01. The Bertz CT molecular complexity index is 3690. The fraction of sp³-hybridized carbons (Fsp3) is 0.0847. The van der Waals surface area contributed by atoms with Gasteiger partial charge in [0, 0.05) is 62.0 Å². The molecule has 11 aromatic rings. The van der Waals surface area contributed by atoms with Gasteiger partial charge in [-0.05, 0) is 130 Å². The first-order chi connectivity index (χ1) is 31.8. The summed E-state index contributed by atoms with van der Waals surface area (Å²) < 4.78 is 9.29. The van der Waals surface area contributed by atoms with Gasteiger partial charge in [-0.25, -0.2) is 0 Å². The van der Waals surface area contributed by atoms with Crippen LogP contribution in [-0.2, 0) is 5.41 Å². The van der Waals surface area contributed by atoms with Crippen LogP contribution in [0.4, 0.5) is 51.3 Å². The van der Waals surface area contributed by atoms with Gasteiger partial charge in [-0.3, -0.25) is 4.90 Å². The highest BCUT2D eigenvalue weighted by atomic mass is 16.3. The minimum atomic E-state index is -0.0530. The summed E-state index contributed by atoms with van der Waals surface area (Å²) in [4.78, 5) is 7.43. The summed E-state index contributed by atoms with van der Waals surface area (Å²) >= 11 is 0. The molecule has 2 aliphatic rings. The third kappa shape index (κ3) is 5.66. The van der Waals surface area contributed by atoms with Crippen molar-refractivity contribution in [3.05, 3.63) is 211 Å². The Morgan fingerprint density at radius 3 is 2.05 bits per heavy atom. The van der Waals surface area contributed by atoms with Gasteiger partial charge in [-0.1, -0.05) is 130 Å².